The predicted octanol–water partition coefficient (Wildman–Crippen LogP) is 4.85. The van der Waals surface area contributed by atoms with E-state index in [2.05, 4.69) is 0 Å². The van der Waals surface area contributed by atoms with Crippen molar-refractivity contribution in [1.29, 1.82) is 0 Å². The van der Waals surface area contributed by atoms with Crippen LogP contribution in [-0.4, -0.2) is 7.05 Å². The van der Waals surface area contributed by atoms with Gasteiger partial charge in [-0.05, 0) is 23.8 Å². The zero-order valence-electron chi connectivity index (χ0n) is 10.5. The average molecular weight is 298 g/mol. The fourth-order valence-electron chi connectivity index (χ4n) is 2.00. The summed E-state index contributed by atoms with van der Waals surface area (Å²) in [6.07, 6.45) is 0. The lowest BCUT2D eigenvalue weighted by Gasteiger charge is -2.22. The highest BCUT2D eigenvalue weighted by Crippen LogP contribution is 2.26. The van der Waals surface area contributed by atoms with E-state index < -0.39 is 0 Å². The van der Waals surface area contributed by atoms with Gasteiger partial charge in [-0.1, -0.05) is 35.9 Å². The molecule has 0 spiro atoms. The van der Waals surface area contributed by atoms with E-state index in [9.17, 15) is 4.39 Å². The van der Waals surface area contributed by atoms with Gasteiger partial charge in [0.15, 0.2) is 0 Å². The van der Waals surface area contributed by atoms with Crippen molar-refractivity contribution in [2.75, 3.05) is 11.9 Å². The number of alkyl halides is 1. The number of hydrogen-bond donors (Lipinski definition) is 0. The van der Waals surface area contributed by atoms with Crippen molar-refractivity contribution in [3.63, 3.8) is 0 Å². The summed E-state index contributed by atoms with van der Waals surface area (Å²) < 4.78 is 13.7. The normalized spacial score (nSPS) is 10.5. The Morgan fingerprint density at radius 2 is 1.84 bits per heavy atom. The molecule has 4 heteroatoms. The van der Waals surface area contributed by atoms with Crippen LogP contribution in [0, 0.1) is 5.82 Å². The zero-order valence-corrected chi connectivity index (χ0v) is 12.0. The van der Waals surface area contributed by atoms with Crippen LogP contribution in [0.5, 0.6) is 0 Å². The second kappa shape index (κ2) is 6.27. The topological polar surface area (TPSA) is 3.24 Å². The van der Waals surface area contributed by atoms with Crippen molar-refractivity contribution in [3.8, 4) is 0 Å². The zero-order chi connectivity index (χ0) is 13.8. The Labute approximate surface area is 122 Å². The molecule has 0 saturated carbocycles. The molecule has 19 heavy (non-hydrogen) atoms. The molecule has 0 aliphatic carbocycles. The van der Waals surface area contributed by atoms with E-state index in [1.807, 2.05) is 42.3 Å². The lowest BCUT2D eigenvalue weighted by molar-refractivity contribution is 0.616. The van der Waals surface area contributed by atoms with Crippen molar-refractivity contribution in [3.05, 3.63) is 64.4 Å². The van der Waals surface area contributed by atoms with E-state index in [1.54, 1.807) is 6.07 Å². The fourth-order valence-corrected chi connectivity index (χ4v) is 2.46. The van der Waals surface area contributed by atoms with Gasteiger partial charge in [-0.25, -0.2) is 4.39 Å². The lowest BCUT2D eigenvalue weighted by Crippen LogP contribution is -2.18. The first-order valence-electron chi connectivity index (χ1n) is 5.91. The molecule has 0 aliphatic rings. The molecular weight excluding hydrogens is 284 g/mol. The van der Waals surface area contributed by atoms with Gasteiger partial charge in [0.1, 0.15) is 5.82 Å². The quantitative estimate of drug-likeness (QED) is 0.729. The van der Waals surface area contributed by atoms with Crippen LogP contribution in [0.25, 0.3) is 0 Å². The minimum Gasteiger partial charge on any atom is -0.370 e. The Bertz CT molecular complexity index is 572. The van der Waals surface area contributed by atoms with Gasteiger partial charge >= 0.3 is 0 Å². The second-order valence-electron chi connectivity index (χ2n) is 4.32. The van der Waals surface area contributed by atoms with Gasteiger partial charge in [-0.2, -0.15) is 0 Å². The molecule has 2 aromatic carbocycles. The Hall–Kier alpha value is -1.25. The van der Waals surface area contributed by atoms with Gasteiger partial charge in [0.2, 0.25) is 0 Å². The van der Waals surface area contributed by atoms with Crippen molar-refractivity contribution in [1.82, 2.24) is 0 Å². The lowest BCUT2D eigenvalue weighted by atomic mass is 10.1. The SMILES string of the molecule is CN(Cc1ccccc1Cl)c1cccc(F)c1CCl. The summed E-state index contributed by atoms with van der Waals surface area (Å²) in [5.41, 5.74) is 2.30. The second-order valence-corrected chi connectivity index (χ2v) is 4.99. The van der Waals surface area contributed by atoms with Gasteiger partial charge < -0.3 is 4.90 Å². The van der Waals surface area contributed by atoms with E-state index in [0.29, 0.717) is 17.1 Å². The molecule has 0 bridgehead atoms. The van der Waals surface area contributed by atoms with Gasteiger partial charge in [-0.3, -0.25) is 0 Å². The molecule has 1 nitrogen and oxygen atoms in total. The molecule has 0 fully saturated rings. The average Bonchev–Trinajstić information content (AvgIpc) is 2.41. The highest BCUT2D eigenvalue weighted by molar-refractivity contribution is 6.31. The van der Waals surface area contributed by atoms with Crippen molar-refractivity contribution < 1.29 is 4.39 Å². The fraction of sp³-hybridized carbons (Fsp3) is 0.200. The van der Waals surface area contributed by atoms with Crippen LogP contribution in [0.1, 0.15) is 11.1 Å². The monoisotopic (exact) mass is 297 g/mol. The van der Waals surface area contributed by atoms with Crippen LogP contribution in [-0.2, 0) is 12.4 Å². The Morgan fingerprint density at radius 3 is 2.53 bits per heavy atom. The van der Waals surface area contributed by atoms with E-state index >= 15 is 0 Å². The Balaban J connectivity index is 2.28. The highest BCUT2D eigenvalue weighted by atomic mass is 35.5. The summed E-state index contributed by atoms with van der Waals surface area (Å²) in [4.78, 5) is 1.95. The highest BCUT2D eigenvalue weighted by Gasteiger charge is 2.12. The van der Waals surface area contributed by atoms with Crippen molar-refractivity contribution >= 4 is 28.9 Å². The minimum absolute atomic E-state index is 0.148. The van der Waals surface area contributed by atoms with Crippen LogP contribution < -0.4 is 4.90 Å². The third-order valence-corrected chi connectivity index (χ3v) is 3.64. The van der Waals surface area contributed by atoms with Crippen molar-refractivity contribution in [2.24, 2.45) is 0 Å². The van der Waals surface area contributed by atoms with E-state index in [4.69, 9.17) is 23.2 Å². The van der Waals surface area contributed by atoms with E-state index in [1.165, 1.54) is 6.07 Å². The molecule has 0 aromatic heterocycles. The summed E-state index contributed by atoms with van der Waals surface area (Å²) in [5.74, 6) is -0.131. The van der Waals surface area contributed by atoms with Crippen LogP contribution in [0.2, 0.25) is 5.02 Å². The number of halogens is 3. The number of nitrogens with zero attached hydrogens (tertiary/aromatic N) is 1. The van der Waals surface area contributed by atoms with Gasteiger partial charge in [0.05, 0.1) is 5.88 Å². The number of hydrogen-bond acceptors (Lipinski definition) is 1. The smallest absolute Gasteiger partial charge is 0.129 e. The van der Waals surface area contributed by atoms with Crippen molar-refractivity contribution in [2.45, 2.75) is 12.4 Å². The van der Waals surface area contributed by atoms with Crippen LogP contribution in [0.4, 0.5) is 10.1 Å². The standard InChI is InChI=1S/C15H14Cl2FN/c1-19(10-11-5-2-3-6-13(11)17)15-8-4-7-14(18)12(15)9-16/h2-8H,9-10H2,1H3. The molecule has 0 heterocycles. The molecule has 2 rings (SSSR count). The number of benzene rings is 2. The van der Waals surface area contributed by atoms with Crippen LogP contribution in [0.15, 0.2) is 42.5 Å². The number of anilines is 1. The third-order valence-electron chi connectivity index (χ3n) is 3.00. The molecular formula is C15H14Cl2FN. The minimum atomic E-state index is -0.279. The molecule has 0 N–H and O–H groups in total. The van der Waals surface area contributed by atoms with E-state index in [-0.39, 0.29) is 11.7 Å². The van der Waals surface area contributed by atoms with Crippen LogP contribution in [0.3, 0.4) is 0 Å². The predicted molar refractivity (Wildman–Crippen MR) is 79.5 cm³/mol. The maximum Gasteiger partial charge on any atom is 0.129 e. The summed E-state index contributed by atoms with van der Waals surface area (Å²) in [7, 11) is 1.90. The summed E-state index contributed by atoms with van der Waals surface area (Å²) >= 11 is 12.0. The first-order chi connectivity index (χ1) is 9.13. The summed E-state index contributed by atoms with van der Waals surface area (Å²) in [6, 6.07) is 12.6. The molecule has 0 amide bonds. The summed E-state index contributed by atoms with van der Waals surface area (Å²) in [5, 5.41) is 0.707. The first-order valence-corrected chi connectivity index (χ1v) is 6.82. The molecule has 0 saturated heterocycles. The maximum absolute atomic E-state index is 13.7. The Kier molecular flexibility index (Phi) is 4.67. The first kappa shape index (κ1) is 14.2. The third kappa shape index (κ3) is 3.20. The molecule has 0 atom stereocenters. The van der Waals surface area contributed by atoms with Crippen LogP contribution >= 0.6 is 23.2 Å². The van der Waals surface area contributed by atoms with Gasteiger partial charge in [-0.15, -0.1) is 11.6 Å². The van der Waals surface area contributed by atoms with Gasteiger partial charge in [0, 0.05) is 29.9 Å². The van der Waals surface area contributed by atoms with E-state index in [0.717, 1.165) is 11.3 Å². The Morgan fingerprint density at radius 1 is 1.11 bits per heavy atom. The largest absolute Gasteiger partial charge is 0.370 e. The molecule has 100 valence electrons. The maximum atomic E-state index is 13.7. The molecule has 0 unspecified atom stereocenters. The van der Waals surface area contributed by atoms with Gasteiger partial charge in [0.25, 0.3) is 0 Å². The molecule has 0 aliphatic heterocycles. The number of rotatable bonds is 4. The summed E-state index contributed by atoms with van der Waals surface area (Å²) in [6.45, 7) is 0.604. The molecule has 0 radical (unpaired) electrons. The molecule has 2 aromatic rings.